The molecule has 1 N–H and O–H groups in total. The lowest BCUT2D eigenvalue weighted by Gasteiger charge is -2.37. The molecule has 1 aliphatic heterocycles. The van der Waals surface area contributed by atoms with Crippen molar-refractivity contribution in [2.45, 2.75) is 25.9 Å². The number of ether oxygens (including phenoxy) is 1. The van der Waals surface area contributed by atoms with Crippen molar-refractivity contribution in [3.8, 4) is 5.75 Å². The van der Waals surface area contributed by atoms with Crippen LogP contribution in [0.2, 0.25) is 0 Å². The third kappa shape index (κ3) is 8.25. The Balaban J connectivity index is 0.00000380. The predicted molar refractivity (Wildman–Crippen MR) is 144 cm³/mol. The molecule has 0 radical (unpaired) electrons. The minimum atomic E-state index is -0.747. The molecule has 3 aromatic carbocycles. The van der Waals surface area contributed by atoms with E-state index in [0.717, 1.165) is 31.7 Å². The highest BCUT2D eigenvalue weighted by molar-refractivity contribution is 5.98. The molecule has 1 fully saturated rings. The Hall–Kier alpha value is -3.00. The molecule has 4 rings (SSSR count). The molecule has 1 heterocycles. The third-order valence-electron chi connectivity index (χ3n) is 6.44. The van der Waals surface area contributed by atoms with Crippen molar-refractivity contribution in [2.75, 3.05) is 44.2 Å². The summed E-state index contributed by atoms with van der Waals surface area (Å²) in [5.41, 5.74) is 3.42. The number of carbonyl (C=O) groups excluding carboxylic acids is 1. The number of rotatable bonds is 10. The van der Waals surface area contributed by atoms with Gasteiger partial charge in [0.2, 0.25) is 0 Å². The second kappa shape index (κ2) is 13.5. The molecule has 5 nitrogen and oxygen atoms in total. The molecule has 1 atom stereocenters. The lowest BCUT2D eigenvalue weighted by Crippen LogP contribution is -2.49. The van der Waals surface area contributed by atoms with E-state index in [1.165, 1.54) is 41.6 Å². The molecule has 3 aromatic rings. The van der Waals surface area contributed by atoms with Crippen LogP contribution in [-0.4, -0.2) is 61.2 Å². The fraction of sp³-hybridized carbons (Fsp3) is 0.345. The van der Waals surface area contributed by atoms with Crippen molar-refractivity contribution in [1.29, 1.82) is 0 Å². The zero-order chi connectivity index (χ0) is 25.5. The number of aryl methyl sites for hydroxylation is 2. The van der Waals surface area contributed by atoms with Gasteiger partial charge in [0.05, 0.1) is 5.56 Å². The lowest BCUT2D eigenvalue weighted by molar-refractivity contribution is 0.0655. The number of piperazine rings is 1. The van der Waals surface area contributed by atoms with Crippen molar-refractivity contribution < 1.29 is 23.4 Å². The molecule has 8 heteroatoms. The molecule has 0 amide bonds. The Kier molecular flexibility index (Phi) is 10.4. The van der Waals surface area contributed by atoms with Gasteiger partial charge in [0.25, 0.3) is 0 Å². The number of benzene rings is 3. The molecule has 0 spiro atoms. The first-order valence-electron chi connectivity index (χ1n) is 12.3. The van der Waals surface area contributed by atoms with E-state index < -0.39 is 11.9 Å². The van der Waals surface area contributed by atoms with Crippen molar-refractivity contribution >= 4 is 23.9 Å². The number of carbonyl (C=O) groups is 1. The predicted octanol–water partition coefficient (Wildman–Crippen LogP) is 5.07. The van der Waals surface area contributed by atoms with E-state index >= 15 is 0 Å². The van der Waals surface area contributed by atoms with Gasteiger partial charge in [-0.25, -0.2) is 8.78 Å². The molecule has 1 unspecified atom stereocenters. The Morgan fingerprint density at radius 3 is 2.38 bits per heavy atom. The minimum Gasteiger partial charge on any atom is -0.490 e. The molecule has 198 valence electrons. The molecule has 1 aliphatic rings. The van der Waals surface area contributed by atoms with Crippen LogP contribution in [0.5, 0.6) is 5.75 Å². The highest BCUT2D eigenvalue weighted by Gasteiger charge is 2.21. The van der Waals surface area contributed by atoms with Crippen LogP contribution in [0, 0.1) is 18.6 Å². The first-order valence-corrected chi connectivity index (χ1v) is 12.3. The van der Waals surface area contributed by atoms with Crippen LogP contribution < -0.4 is 9.64 Å². The summed E-state index contributed by atoms with van der Waals surface area (Å²) in [5.74, 6) is -0.878. The number of ketones is 1. The standard InChI is InChI=1S/C29H32F2N2O3.ClH/c1-21-3-2-4-25(17-21)33-15-13-32(14-16-33)19-26(34)20-36-29-12-10-24(31)18-27(29)28(35)11-7-22-5-8-23(30)9-6-22;/h2-6,8-10,12,17-18,26,34H,7,11,13-16,19-20H2,1H3;1H. The monoisotopic (exact) mass is 530 g/mol. The molecule has 0 saturated carbocycles. The first-order chi connectivity index (χ1) is 17.4. The summed E-state index contributed by atoms with van der Waals surface area (Å²) in [4.78, 5) is 17.3. The van der Waals surface area contributed by atoms with Gasteiger partial charge in [0, 0.05) is 44.8 Å². The second-order valence-corrected chi connectivity index (χ2v) is 9.28. The van der Waals surface area contributed by atoms with Gasteiger partial charge in [-0.3, -0.25) is 9.69 Å². The zero-order valence-corrected chi connectivity index (χ0v) is 21.7. The van der Waals surface area contributed by atoms with E-state index in [2.05, 4.69) is 41.0 Å². The number of Topliss-reactive ketones (excluding diaryl/α,β-unsaturated/α-hetero) is 1. The van der Waals surface area contributed by atoms with Gasteiger partial charge in [-0.05, 0) is 66.9 Å². The average Bonchev–Trinajstić information content (AvgIpc) is 2.88. The molecule has 1 saturated heterocycles. The highest BCUT2D eigenvalue weighted by Crippen LogP contribution is 2.23. The number of nitrogens with zero attached hydrogens (tertiary/aromatic N) is 2. The maximum Gasteiger partial charge on any atom is 0.167 e. The summed E-state index contributed by atoms with van der Waals surface area (Å²) < 4.78 is 32.7. The quantitative estimate of drug-likeness (QED) is 0.371. The van der Waals surface area contributed by atoms with Gasteiger partial charge in [-0.15, -0.1) is 12.4 Å². The molecular formula is C29H33ClF2N2O3. The SMILES string of the molecule is Cc1cccc(N2CCN(CC(O)COc3ccc(F)cc3C(=O)CCc3ccc(F)cc3)CC2)c1.Cl. The minimum absolute atomic E-state index is 0. The van der Waals surface area contributed by atoms with Crippen molar-refractivity contribution in [3.63, 3.8) is 0 Å². The van der Waals surface area contributed by atoms with Crippen molar-refractivity contribution in [1.82, 2.24) is 4.90 Å². The third-order valence-corrected chi connectivity index (χ3v) is 6.44. The van der Waals surface area contributed by atoms with Crippen molar-refractivity contribution in [3.05, 3.63) is 95.1 Å². The van der Waals surface area contributed by atoms with E-state index in [4.69, 9.17) is 4.74 Å². The molecular weight excluding hydrogens is 498 g/mol. The lowest BCUT2D eigenvalue weighted by atomic mass is 10.0. The van der Waals surface area contributed by atoms with E-state index in [-0.39, 0.29) is 48.3 Å². The summed E-state index contributed by atoms with van der Waals surface area (Å²) in [6.45, 7) is 5.95. The van der Waals surface area contributed by atoms with Gasteiger partial charge in [0.15, 0.2) is 5.78 Å². The van der Waals surface area contributed by atoms with Gasteiger partial charge in [-0.2, -0.15) is 0 Å². The summed E-state index contributed by atoms with van der Waals surface area (Å²) in [6, 6.07) is 18.2. The number of aliphatic hydroxyl groups excluding tert-OH is 1. The number of β-amino-alcohol motifs (C(OH)–C–C–N with tert-alkyl or cyclic N) is 1. The highest BCUT2D eigenvalue weighted by atomic mass is 35.5. The van der Waals surface area contributed by atoms with E-state index in [1.807, 2.05) is 0 Å². The summed E-state index contributed by atoms with van der Waals surface area (Å²) in [6.07, 6.45) is -0.200. The smallest absolute Gasteiger partial charge is 0.167 e. The Morgan fingerprint density at radius 2 is 1.68 bits per heavy atom. The molecule has 0 bridgehead atoms. The topological polar surface area (TPSA) is 53.0 Å². The normalized spacial score (nSPS) is 14.6. The van der Waals surface area contributed by atoms with E-state index in [9.17, 15) is 18.7 Å². The number of hydrogen-bond acceptors (Lipinski definition) is 5. The van der Waals surface area contributed by atoms with Gasteiger partial charge >= 0.3 is 0 Å². The number of anilines is 1. The number of hydrogen-bond donors (Lipinski definition) is 1. The number of aliphatic hydroxyl groups is 1. The van der Waals surface area contributed by atoms with E-state index in [1.54, 1.807) is 12.1 Å². The molecule has 0 aliphatic carbocycles. The van der Waals surface area contributed by atoms with E-state index in [0.29, 0.717) is 13.0 Å². The van der Waals surface area contributed by atoms with Crippen LogP contribution in [0.15, 0.2) is 66.7 Å². The Bertz CT molecular complexity index is 1170. The maximum absolute atomic E-state index is 13.9. The van der Waals surface area contributed by atoms with Crippen LogP contribution in [0.1, 0.15) is 27.9 Å². The summed E-state index contributed by atoms with van der Waals surface area (Å²) in [7, 11) is 0. The van der Waals surface area contributed by atoms with Gasteiger partial charge in [0.1, 0.15) is 30.1 Å². The van der Waals surface area contributed by atoms with Gasteiger partial charge in [-0.1, -0.05) is 24.3 Å². The van der Waals surface area contributed by atoms with Crippen LogP contribution in [0.3, 0.4) is 0 Å². The van der Waals surface area contributed by atoms with Crippen molar-refractivity contribution in [2.24, 2.45) is 0 Å². The first kappa shape index (κ1) is 28.6. The largest absolute Gasteiger partial charge is 0.490 e. The summed E-state index contributed by atoms with van der Waals surface area (Å²) in [5, 5.41) is 10.6. The maximum atomic E-state index is 13.9. The fourth-order valence-electron chi connectivity index (χ4n) is 4.44. The molecule has 0 aromatic heterocycles. The van der Waals surface area contributed by atoms with Crippen LogP contribution in [-0.2, 0) is 6.42 Å². The Morgan fingerprint density at radius 1 is 0.973 bits per heavy atom. The average molecular weight is 531 g/mol. The Labute approximate surface area is 223 Å². The van der Waals surface area contributed by atoms with Gasteiger partial charge < -0.3 is 14.7 Å². The van der Waals surface area contributed by atoms with Crippen LogP contribution in [0.25, 0.3) is 0 Å². The van der Waals surface area contributed by atoms with Crippen LogP contribution >= 0.6 is 12.4 Å². The molecule has 37 heavy (non-hydrogen) atoms. The second-order valence-electron chi connectivity index (χ2n) is 9.28. The zero-order valence-electron chi connectivity index (χ0n) is 20.9. The van der Waals surface area contributed by atoms with Crippen LogP contribution in [0.4, 0.5) is 14.5 Å². The summed E-state index contributed by atoms with van der Waals surface area (Å²) >= 11 is 0. The fourth-order valence-corrected chi connectivity index (χ4v) is 4.44. The number of halogens is 3.